The van der Waals surface area contributed by atoms with Gasteiger partial charge in [0.25, 0.3) is 0 Å². The minimum Gasteiger partial charge on any atom is -0.391 e. The number of fused-ring (bicyclic) bond motifs is 1. The van der Waals surface area contributed by atoms with Crippen LogP contribution in [0.15, 0.2) is 12.3 Å². The molecule has 2 aromatic rings. The van der Waals surface area contributed by atoms with Crippen LogP contribution in [-0.2, 0) is 0 Å². The fraction of sp³-hybridized carbons (Fsp3) is 0.538. The Kier molecular flexibility index (Phi) is 3.68. The largest absolute Gasteiger partial charge is 0.410 e. The van der Waals surface area contributed by atoms with Gasteiger partial charge in [0.1, 0.15) is 11.2 Å². The molecule has 0 aliphatic carbocycles. The minimum atomic E-state index is -4.42. The number of aromatic nitrogens is 3. The van der Waals surface area contributed by atoms with Crippen molar-refractivity contribution in [3.05, 3.63) is 17.4 Å². The van der Waals surface area contributed by atoms with E-state index in [-0.39, 0.29) is 10.7 Å². The zero-order valence-corrected chi connectivity index (χ0v) is 12.4. The number of nitrogens with zero attached hydrogens (tertiary/aromatic N) is 4. The number of β-amino-alcohol motifs (C(OH)–C–C–N with tert-alkyl or cyclic N) is 1. The molecule has 22 heavy (non-hydrogen) atoms. The second-order valence-corrected chi connectivity index (χ2v) is 5.79. The van der Waals surface area contributed by atoms with Gasteiger partial charge in [-0.15, -0.1) is 0 Å². The summed E-state index contributed by atoms with van der Waals surface area (Å²) in [7, 11) is 0. The molecule has 3 rings (SSSR count). The van der Waals surface area contributed by atoms with E-state index in [1.165, 1.54) is 12.3 Å². The summed E-state index contributed by atoms with van der Waals surface area (Å²) < 4.78 is 40.1. The van der Waals surface area contributed by atoms with Crippen molar-refractivity contribution in [2.45, 2.75) is 31.7 Å². The summed E-state index contributed by atoms with van der Waals surface area (Å²) in [6, 6.07) is -0.406. The molecular weight excluding hydrogens is 321 g/mol. The average Bonchev–Trinajstić information content (AvgIpc) is 3.00. The Morgan fingerprint density at radius 1 is 1.45 bits per heavy atom. The first-order chi connectivity index (χ1) is 10.3. The van der Waals surface area contributed by atoms with Crippen molar-refractivity contribution in [1.29, 1.82) is 0 Å². The van der Waals surface area contributed by atoms with Gasteiger partial charge in [0.15, 0.2) is 5.82 Å². The molecule has 0 spiro atoms. The number of aliphatic hydroxyl groups is 1. The Bertz CT molecular complexity index is 702. The molecule has 5 nitrogen and oxygen atoms in total. The van der Waals surface area contributed by atoms with Crippen LogP contribution >= 0.6 is 11.6 Å². The van der Waals surface area contributed by atoms with E-state index in [0.717, 1.165) is 11.6 Å². The highest BCUT2D eigenvalue weighted by Crippen LogP contribution is 2.36. The monoisotopic (exact) mass is 334 g/mol. The molecule has 0 aromatic carbocycles. The molecule has 120 valence electrons. The first kappa shape index (κ1) is 15.4. The van der Waals surface area contributed by atoms with E-state index in [9.17, 15) is 18.3 Å². The summed E-state index contributed by atoms with van der Waals surface area (Å²) in [5.74, 6) is 0.395. The van der Waals surface area contributed by atoms with Crippen molar-refractivity contribution in [2.75, 3.05) is 18.0 Å². The lowest BCUT2D eigenvalue weighted by molar-refractivity contribution is -0.164. The molecule has 1 aliphatic rings. The van der Waals surface area contributed by atoms with Crippen molar-refractivity contribution in [3.8, 4) is 0 Å². The van der Waals surface area contributed by atoms with Gasteiger partial charge in [-0.2, -0.15) is 18.3 Å². The van der Waals surface area contributed by atoms with Gasteiger partial charge in [-0.3, -0.25) is 4.68 Å². The highest BCUT2D eigenvalue weighted by molar-refractivity contribution is 6.30. The maximum Gasteiger partial charge on any atom is 0.410 e. The third-order valence-electron chi connectivity index (χ3n) is 3.84. The van der Waals surface area contributed by atoms with Crippen LogP contribution in [0.4, 0.5) is 19.0 Å². The fourth-order valence-electron chi connectivity index (χ4n) is 2.59. The highest BCUT2D eigenvalue weighted by Gasteiger charge is 2.39. The standard InChI is InChI=1S/C13H14ClF3N4O/c1-7(13(15,16)17)21-10-4-11(14)18-5-9(10)12(19-21)20-3-2-8(22)6-20/h4-5,7-8,22H,2-3,6H2,1H3/t7?,8-/m1/s1. The van der Waals surface area contributed by atoms with E-state index in [1.807, 2.05) is 0 Å². The highest BCUT2D eigenvalue weighted by atomic mass is 35.5. The zero-order valence-electron chi connectivity index (χ0n) is 11.7. The van der Waals surface area contributed by atoms with Gasteiger partial charge in [-0.05, 0) is 13.3 Å². The van der Waals surface area contributed by atoms with Crippen LogP contribution in [0.3, 0.4) is 0 Å². The third kappa shape index (κ3) is 2.61. The molecule has 0 amide bonds. The Balaban J connectivity index is 2.14. The predicted octanol–water partition coefficient (Wildman–Crippen LogP) is 2.78. The van der Waals surface area contributed by atoms with Gasteiger partial charge in [-0.1, -0.05) is 11.6 Å². The fourth-order valence-corrected chi connectivity index (χ4v) is 2.75. The van der Waals surface area contributed by atoms with Gasteiger partial charge in [0, 0.05) is 25.4 Å². The Morgan fingerprint density at radius 2 is 2.18 bits per heavy atom. The van der Waals surface area contributed by atoms with E-state index in [2.05, 4.69) is 10.1 Å². The van der Waals surface area contributed by atoms with E-state index >= 15 is 0 Å². The third-order valence-corrected chi connectivity index (χ3v) is 4.05. The van der Waals surface area contributed by atoms with Crippen LogP contribution < -0.4 is 4.90 Å². The molecular formula is C13H14ClF3N4O. The summed E-state index contributed by atoms with van der Waals surface area (Å²) in [6.45, 7) is 1.93. The quantitative estimate of drug-likeness (QED) is 0.858. The molecule has 1 saturated heterocycles. The van der Waals surface area contributed by atoms with Crippen LogP contribution in [0, 0.1) is 0 Å². The number of alkyl halides is 3. The van der Waals surface area contributed by atoms with Gasteiger partial charge in [0.2, 0.25) is 0 Å². The van der Waals surface area contributed by atoms with Crippen LogP contribution in [0.1, 0.15) is 19.4 Å². The van der Waals surface area contributed by atoms with Crippen LogP contribution in [0.5, 0.6) is 0 Å². The molecule has 1 aliphatic heterocycles. The molecule has 2 atom stereocenters. The number of rotatable bonds is 2. The van der Waals surface area contributed by atoms with Crippen LogP contribution in [-0.4, -0.2) is 45.2 Å². The molecule has 9 heteroatoms. The van der Waals surface area contributed by atoms with Gasteiger partial charge < -0.3 is 10.0 Å². The van der Waals surface area contributed by atoms with Gasteiger partial charge in [0.05, 0.1) is 17.0 Å². The maximum absolute atomic E-state index is 13.0. The normalized spacial score (nSPS) is 20.8. The van der Waals surface area contributed by atoms with Crippen molar-refractivity contribution >= 4 is 28.3 Å². The van der Waals surface area contributed by atoms with Crippen molar-refractivity contribution in [2.24, 2.45) is 0 Å². The number of hydrogen-bond donors (Lipinski definition) is 1. The lowest BCUT2D eigenvalue weighted by Gasteiger charge is -2.17. The Hall–Kier alpha value is -1.54. The second-order valence-electron chi connectivity index (χ2n) is 5.40. The minimum absolute atomic E-state index is 0.107. The van der Waals surface area contributed by atoms with Crippen LogP contribution in [0.2, 0.25) is 5.15 Å². The van der Waals surface area contributed by atoms with Crippen molar-refractivity contribution in [1.82, 2.24) is 14.8 Å². The van der Waals surface area contributed by atoms with E-state index < -0.39 is 18.3 Å². The maximum atomic E-state index is 13.0. The molecule has 0 radical (unpaired) electrons. The number of hydrogen-bond acceptors (Lipinski definition) is 4. The topological polar surface area (TPSA) is 54.2 Å². The van der Waals surface area contributed by atoms with Crippen molar-refractivity contribution in [3.63, 3.8) is 0 Å². The van der Waals surface area contributed by atoms with Gasteiger partial charge in [-0.25, -0.2) is 4.98 Å². The lowest BCUT2D eigenvalue weighted by atomic mass is 10.3. The van der Waals surface area contributed by atoms with Gasteiger partial charge >= 0.3 is 6.18 Å². The number of pyridine rings is 1. The number of anilines is 1. The SMILES string of the molecule is CC(n1nc(N2CC[C@@H](O)C2)c2cnc(Cl)cc21)C(F)(F)F. The summed E-state index contributed by atoms with van der Waals surface area (Å²) in [6.07, 6.45) is -2.94. The first-order valence-electron chi connectivity index (χ1n) is 6.81. The molecule has 3 heterocycles. The molecule has 0 saturated carbocycles. The summed E-state index contributed by atoms with van der Waals surface area (Å²) >= 11 is 5.81. The Labute approximate surface area is 129 Å². The molecule has 1 fully saturated rings. The zero-order chi connectivity index (χ0) is 16.1. The summed E-state index contributed by atoms with van der Waals surface area (Å²) in [5.41, 5.74) is 0.279. The first-order valence-corrected chi connectivity index (χ1v) is 7.18. The molecule has 2 aromatic heterocycles. The second kappa shape index (κ2) is 5.27. The lowest BCUT2D eigenvalue weighted by Crippen LogP contribution is -2.26. The molecule has 0 bridgehead atoms. The molecule has 1 N–H and O–H groups in total. The summed E-state index contributed by atoms with van der Waals surface area (Å²) in [4.78, 5) is 5.70. The number of halogens is 4. The van der Waals surface area contributed by atoms with E-state index in [0.29, 0.717) is 30.7 Å². The van der Waals surface area contributed by atoms with E-state index in [1.54, 1.807) is 4.90 Å². The smallest absolute Gasteiger partial charge is 0.391 e. The average molecular weight is 335 g/mol. The van der Waals surface area contributed by atoms with E-state index in [4.69, 9.17) is 11.6 Å². The Morgan fingerprint density at radius 3 is 2.77 bits per heavy atom. The molecule has 1 unspecified atom stereocenters. The summed E-state index contributed by atoms with van der Waals surface area (Å²) in [5, 5.41) is 14.4. The van der Waals surface area contributed by atoms with Crippen molar-refractivity contribution < 1.29 is 18.3 Å². The van der Waals surface area contributed by atoms with Crippen LogP contribution in [0.25, 0.3) is 10.9 Å². The predicted molar refractivity (Wildman–Crippen MR) is 76.1 cm³/mol. The number of aliphatic hydroxyl groups excluding tert-OH is 1.